The lowest BCUT2D eigenvalue weighted by atomic mass is 9.80. The number of rotatable bonds is 3. The molecule has 0 atom stereocenters. The van der Waals surface area contributed by atoms with Gasteiger partial charge >= 0.3 is 0 Å². The second kappa shape index (κ2) is 4.63. The van der Waals surface area contributed by atoms with Gasteiger partial charge in [-0.15, -0.1) is 0 Å². The van der Waals surface area contributed by atoms with Crippen molar-refractivity contribution in [3.05, 3.63) is 35.1 Å². The topological polar surface area (TPSA) is 62.5 Å². The van der Waals surface area contributed by atoms with E-state index in [9.17, 15) is 9.90 Å². The quantitative estimate of drug-likeness (QED) is 0.903. The third-order valence-corrected chi connectivity index (χ3v) is 4.23. The number of para-hydroxylation sites is 1. The van der Waals surface area contributed by atoms with Gasteiger partial charge in [0.25, 0.3) is 5.91 Å². The van der Waals surface area contributed by atoms with Gasteiger partial charge in [0.05, 0.1) is 5.60 Å². The van der Waals surface area contributed by atoms with E-state index in [0.717, 1.165) is 41.4 Å². The van der Waals surface area contributed by atoms with Crippen LogP contribution in [0.25, 0.3) is 11.0 Å². The summed E-state index contributed by atoms with van der Waals surface area (Å²) in [5, 5.41) is 13.8. The molecule has 3 rings (SSSR count). The fourth-order valence-corrected chi connectivity index (χ4v) is 2.69. The Morgan fingerprint density at radius 3 is 2.75 bits per heavy atom. The third-order valence-electron chi connectivity index (χ3n) is 4.23. The highest BCUT2D eigenvalue weighted by Gasteiger charge is 2.35. The van der Waals surface area contributed by atoms with Gasteiger partial charge in [0.2, 0.25) is 0 Å². The predicted octanol–water partition coefficient (Wildman–Crippen LogP) is 2.69. The average Bonchev–Trinajstić information content (AvgIpc) is 2.73. The van der Waals surface area contributed by atoms with Crippen molar-refractivity contribution < 1.29 is 14.3 Å². The zero-order valence-corrected chi connectivity index (χ0v) is 11.8. The number of hydrogen-bond acceptors (Lipinski definition) is 3. The number of carbonyl (C=O) groups excluding carboxylic acids is 1. The first-order valence-corrected chi connectivity index (χ1v) is 6.99. The van der Waals surface area contributed by atoms with Crippen LogP contribution in [0.15, 0.2) is 22.6 Å². The molecule has 1 saturated carbocycles. The van der Waals surface area contributed by atoms with Crippen LogP contribution in [0.5, 0.6) is 0 Å². The van der Waals surface area contributed by atoms with Gasteiger partial charge in [-0.05, 0) is 38.7 Å². The molecule has 4 heteroatoms. The highest BCUT2D eigenvalue weighted by molar-refractivity contribution is 5.99. The molecule has 2 aromatic rings. The van der Waals surface area contributed by atoms with Crippen LogP contribution in [0, 0.1) is 13.8 Å². The van der Waals surface area contributed by atoms with Crippen molar-refractivity contribution >= 4 is 16.9 Å². The summed E-state index contributed by atoms with van der Waals surface area (Å²) in [5.74, 6) is 0.0932. The summed E-state index contributed by atoms with van der Waals surface area (Å²) in [5.41, 5.74) is 1.91. The number of nitrogens with one attached hydrogen (secondary N) is 1. The molecular weight excluding hydrogens is 254 g/mol. The summed E-state index contributed by atoms with van der Waals surface area (Å²) in [6.07, 6.45) is 2.53. The normalized spacial score (nSPS) is 16.9. The van der Waals surface area contributed by atoms with E-state index < -0.39 is 5.60 Å². The van der Waals surface area contributed by atoms with E-state index >= 15 is 0 Å². The lowest BCUT2D eigenvalue weighted by Crippen LogP contribution is -2.47. The van der Waals surface area contributed by atoms with Crippen molar-refractivity contribution in [2.45, 2.75) is 38.7 Å². The molecule has 2 N–H and O–H groups in total. The summed E-state index contributed by atoms with van der Waals surface area (Å²) in [6, 6.07) is 5.88. The SMILES string of the molecule is Cc1c(C(=O)NCC2(O)CCC2)oc2c(C)cccc12. The van der Waals surface area contributed by atoms with Gasteiger partial charge in [-0.25, -0.2) is 0 Å². The van der Waals surface area contributed by atoms with Crippen LogP contribution >= 0.6 is 0 Å². The van der Waals surface area contributed by atoms with E-state index in [2.05, 4.69) is 5.32 Å². The molecule has 0 aliphatic heterocycles. The molecule has 1 aliphatic carbocycles. The summed E-state index contributed by atoms with van der Waals surface area (Å²) in [7, 11) is 0. The van der Waals surface area contributed by atoms with Crippen LogP contribution in [0.3, 0.4) is 0 Å². The maximum atomic E-state index is 12.2. The van der Waals surface area contributed by atoms with Crippen molar-refractivity contribution in [2.24, 2.45) is 0 Å². The van der Waals surface area contributed by atoms with Crippen molar-refractivity contribution in [1.82, 2.24) is 5.32 Å². The molecule has 0 saturated heterocycles. The Morgan fingerprint density at radius 1 is 1.40 bits per heavy atom. The maximum Gasteiger partial charge on any atom is 0.287 e. The minimum absolute atomic E-state index is 0.251. The first kappa shape index (κ1) is 13.2. The van der Waals surface area contributed by atoms with Crippen molar-refractivity contribution in [3.8, 4) is 0 Å². The molecule has 1 heterocycles. The molecule has 1 aromatic heterocycles. The van der Waals surface area contributed by atoms with E-state index in [1.807, 2.05) is 32.0 Å². The van der Waals surface area contributed by atoms with Crippen LogP contribution in [0.2, 0.25) is 0 Å². The van der Waals surface area contributed by atoms with Crippen molar-refractivity contribution in [2.75, 3.05) is 6.54 Å². The lowest BCUT2D eigenvalue weighted by molar-refractivity contribution is -0.0301. The molecule has 0 radical (unpaired) electrons. The maximum absolute atomic E-state index is 12.2. The summed E-state index contributed by atoms with van der Waals surface area (Å²) in [6.45, 7) is 4.14. The Hall–Kier alpha value is -1.81. The fraction of sp³-hybridized carbons (Fsp3) is 0.438. The van der Waals surface area contributed by atoms with Gasteiger partial charge in [-0.2, -0.15) is 0 Å². The van der Waals surface area contributed by atoms with E-state index in [0.29, 0.717) is 12.3 Å². The van der Waals surface area contributed by atoms with Gasteiger partial charge in [-0.1, -0.05) is 18.2 Å². The second-order valence-electron chi connectivity index (χ2n) is 5.77. The Labute approximate surface area is 117 Å². The lowest BCUT2D eigenvalue weighted by Gasteiger charge is -2.36. The largest absolute Gasteiger partial charge is 0.450 e. The van der Waals surface area contributed by atoms with E-state index in [1.54, 1.807) is 0 Å². The number of furan rings is 1. The number of carbonyl (C=O) groups is 1. The number of amides is 1. The van der Waals surface area contributed by atoms with Crippen LogP contribution in [-0.4, -0.2) is 23.2 Å². The van der Waals surface area contributed by atoms with Gasteiger partial charge < -0.3 is 14.8 Å². The molecule has 0 unspecified atom stereocenters. The van der Waals surface area contributed by atoms with Crippen LogP contribution in [0.4, 0.5) is 0 Å². The van der Waals surface area contributed by atoms with E-state index in [1.165, 1.54) is 0 Å². The smallest absolute Gasteiger partial charge is 0.287 e. The molecule has 4 nitrogen and oxygen atoms in total. The van der Waals surface area contributed by atoms with Crippen molar-refractivity contribution in [1.29, 1.82) is 0 Å². The minimum atomic E-state index is -0.717. The standard InChI is InChI=1S/C16H19NO3/c1-10-5-3-6-12-11(2)14(20-13(10)12)15(18)17-9-16(19)7-4-8-16/h3,5-6,19H,4,7-9H2,1-2H3,(H,17,18). The average molecular weight is 273 g/mol. The highest BCUT2D eigenvalue weighted by atomic mass is 16.3. The number of hydrogen-bond donors (Lipinski definition) is 2. The Morgan fingerprint density at radius 2 is 2.15 bits per heavy atom. The minimum Gasteiger partial charge on any atom is -0.450 e. The first-order valence-electron chi connectivity index (χ1n) is 6.99. The molecule has 1 aromatic carbocycles. The molecule has 0 bridgehead atoms. The molecule has 1 aliphatic rings. The molecular formula is C16H19NO3. The molecule has 1 fully saturated rings. The Bertz CT molecular complexity index is 668. The number of fused-ring (bicyclic) bond motifs is 1. The molecule has 1 amide bonds. The Kier molecular flexibility index (Phi) is 3.05. The van der Waals surface area contributed by atoms with Crippen LogP contribution in [0.1, 0.15) is 40.9 Å². The summed E-state index contributed by atoms with van der Waals surface area (Å²) in [4.78, 5) is 12.2. The number of aliphatic hydroxyl groups is 1. The summed E-state index contributed by atoms with van der Waals surface area (Å²) >= 11 is 0. The van der Waals surface area contributed by atoms with Crippen molar-refractivity contribution in [3.63, 3.8) is 0 Å². The fourth-order valence-electron chi connectivity index (χ4n) is 2.69. The monoisotopic (exact) mass is 273 g/mol. The summed E-state index contributed by atoms with van der Waals surface area (Å²) < 4.78 is 5.71. The molecule has 106 valence electrons. The molecule has 20 heavy (non-hydrogen) atoms. The van der Waals surface area contributed by atoms with Gasteiger partial charge in [0, 0.05) is 17.5 Å². The zero-order chi connectivity index (χ0) is 14.3. The second-order valence-corrected chi connectivity index (χ2v) is 5.77. The number of aryl methyl sites for hydroxylation is 2. The Balaban J connectivity index is 1.84. The van der Waals surface area contributed by atoms with E-state index in [4.69, 9.17) is 4.42 Å². The van der Waals surface area contributed by atoms with Gasteiger partial charge in [0.1, 0.15) is 5.58 Å². The zero-order valence-electron chi connectivity index (χ0n) is 11.8. The molecule has 0 spiro atoms. The highest BCUT2D eigenvalue weighted by Crippen LogP contribution is 2.31. The van der Waals surface area contributed by atoms with Crippen LogP contribution < -0.4 is 5.32 Å². The first-order chi connectivity index (χ1) is 9.50. The van der Waals surface area contributed by atoms with Gasteiger partial charge in [0.15, 0.2) is 5.76 Å². The third kappa shape index (κ3) is 2.10. The number of benzene rings is 1. The predicted molar refractivity (Wildman–Crippen MR) is 76.8 cm³/mol. The van der Waals surface area contributed by atoms with Gasteiger partial charge in [-0.3, -0.25) is 4.79 Å². The van der Waals surface area contributed by atoms with Crippen LogP contribution in [-0.2, 0) is 0 Å². The van der Waals surface area contributed by atoms with E-state index in [-0.39, 0.29) is 5.91 Å².